The van der Waals surface area contributed by atoms with Crippen molar-refractivity contribution in [3.05, 3.63) is 29.3 Å². The van der Waals surface area contributed by atoms with Crippen LogP contribution in [-0.4, -0.2) is 25.1 Å². The molecule has 3 heteroatoms. The van der Waals surface area contributed by atoms with Gasteiger partial charge in [0.25, 0.3) is 0 Å². The van der Waals surface area contributed by atoms with Crippen LogP contribution in [0.5, 0.6) is 5.75 Å². The van der Waals surface area contributed by atoms with Crippen LogP contribution in [0, 0.1) is 0 Å². The number of Topliss-reactive ketones (excluding diaryl/α,β-unsaturated/α-hetero) is 1. The smallest absolute Gasteiger partial charge is 0.161 e. The summed E-state index contributed by atoms with van der Waals surface area (Å²) < 4.78 is 11.0. The molecule has 0 amide bonds. The molecule has 2 aliphatic rings. The van der Waals surface area contributed by atoms with Gasteiger partial charge in [-0.05, 0) is 42.9 Å². The molecule has 1 aromatic rings. The summed E-state index contributed by atoms with van der Waals surface area (Å²) in [6.45, 7) is 1.53. The Morgan fingerprint density at radius 2 is 2.21 bits per heavy atom. The van der Waals surface area contributed by atoms with Crippen molar-refractivity contribution in [1.29, 1.82) is 0 Å². The molecule has 19 heavy (non-hydrogen) atoms. The molecule has 0 aliphatic carbocycles. The minimum atomic E-state index is -0.147. The molecule has 1 unspecified atom stereocenters. The van der Waals surface area contributed by atoms with E-state index in [1.165, 1.54) is 11.1 Å². The highest BCUT2D eigenvalue weighted by Gasteiger charge is 2.21. The summed E-state index contributed by atoms with van der Waals surface area (Å²) in [7, 11) is 0. The van der Waals surface area contributed by atoms with Gasteiger partial charge >= 0.3 is 0 Å². The van der Waals surface area contributed by atoms with Crippen LogP contribution in [0.15, 0.2) is 18.2 Å². The molecule has 102 valence electrons. The van der Waals surface area contributed by atoms with E-state index in [1.807, 2.05) is 6.07 Å². The Bertz CT molecular complexity index is 461. The number of hydrogen-bond acceptors (Lipinski definition) is 3. The summed E-state index contributed by atoms with van der Waals surface area (Å²) in [5.74, 6) is 1.27. The normalized spacial score (nSPS) is 21.8. The van der Waals surface area contributed by atoms with Gasteiger partial charge < -0.3 is 9.47 Å². The van der Waals surface area contributed by atoms with E-state index in [0.717, 1.165) is 51.1 Å². The van der Waals surface area contributed by atoms with Gasteiger partial charge in [0.05, 0.1) is 6.61 Å². The first kappa shape index (κ1) is 12.7. The third kappa shape index (κ3) is 2.98. The van der Waals surface area contributed by atoms with Crippen molar-refractivity contribution in [2.24, 2.45) is 0 Å². The molecular formula is C16H20O3. The highest BCUT2D eigenvalue weighted by atomic mass is 16.5. The molecule has 2 aliphatic heterocycles. The Hall–Kier alpha value is -1.35. The fourth-order valence-corrected chi connectivity index (χ4v) is 2.82. The van der Waals surface area contributed by atoms with Gasteiger partial charge in [0, 0.05) is 19.4 Å². The van der Waals surface area contributed by atoms with Crippen LogP contribution in [0.1, 0.15) is 36.8 Å². The van der Waals surface area contributed by atoms with E-state index < -0.39 is 0 Å². The van der Waals surface area contributed by atoms with E-state index in [9.17, 15) is 4.79 Å². The first-order valence-corrected chi connectivity index (χ1v) is 7.22. The lowest BCUT2D eigenvalue weighted by atomic mass is 9.99. The molecule has 3 rings (SSSR count). The summed E-state index contributed by atoms with van der Waals surface area (Å²) in [4.78, 5) is 12.1. The lowest BCUT2D eigenvalue weighted by molar-refractivity contribution is -0.133. The number of fused-ring (bicyclic) bond motifs is 1. The SMILES string of the molecule is O=C(CCc1ccc2c(c1)CCO2)C1CCCCO1. The van der Waals surface area contributed by atoms with E-state index in [-0.39, 0.29) is 11.9 Å². The summed E-state index contributed by atoms with van der Waals surface area (Å²) in [6, 6.07) is 6.27. The van der Waals surface area contributed by atoms with Crippen molar-refractivity contribution < 1.29 is 14.3 Å². The molecule has 0 radical (unpaired) electrons. The van der Waals surface area contributed by atoms with Crippen LogP contribution in [0.2, 0.25) is 0 Å². The molecule has 0 aromatic heterocycles. The van der Waals surface area contributed by atoms with Crippen LogP contribution in [0.4, 0.5) is 0 Å². The monoisotopic (exact) mass is 260 g/mol. The van der Waals surface area contributed by atoms with Crippen molar-refractivity contribution in [2.45, 2.75) is 44.6 Å². The number of aryl methyl sites for hydroxylation is 1. The lowest BCUT2D eigenvalue weighted by Gasteiger charge is -2.21. The Balaban J connectivity index is 1.55. The molecule has 0 bridgehead atoms. The van der Waals surface area contributed by atoms with Crippen molar-refractivity contribution in [3.8, 4) is 5.75 Å². The maximum Gasteiger partial charge on any atom is 0.161 e. The van der Waals surface area contributed by atoms with Crippen LogP contribution in [0.25, 0.3) is 0 Å². The molecule has 1 saturated heterocycles. The number of hydrogen-bond donors (Lipinski definition) is 0. The van der Waals surface area contributed by atoms with Crippen LogP contribution < -0.4 is 4.74 Å². The molecule has 1 fully saturated rings. The number of ether oxygens (including phenoxy) is 2. The molecule has 1 atom stereocenters. The highest BCUT2D eigenvalue weighted by Crippen LogP contribution is 2.26. The van der Waals surface area contributed by atoms with E-state index >= 15 is 0 Å². The van der Waals surface area contributed by atoms with Crippen LogP contribution >= 0.6 is 0 Å². The van der Waals surface area contributed by atoms with E-state index in [2.05, 4.69) is 12.1 Å². The second kappa shape index (κ2) is 5.74. The Kier molecular flexibility index (Phi) is 3.83. The maximum absolute atomic E-state index is 12.1. The number of ketones is 1. The van der Waals surface area contributed by atoms with Crippen LogP contribution in [-0.2, 0) is 22.4 Å². The van der Waals surface area contributed by atoms with Gasteiger partial charge in [0.2, 0.25) is 0 Å². The molecule has 3 nitrogen and oxygen atoms in total. The fourth-order valence-electron chi connectivity index (χ4n) is 2.82. The number of rotatable bonds is 4. The summed E-state index contributed by atoms with van der Waals surface area (Å²) in [5, 5.41) is 0. The van der Waals surface area contributed by atoms with Crippen molar-refractivity contribution >= 4 is 5.78 Å². The number of carbonyl (C=O) groups is 1. The van der Waals surface area contributed by atoms with Gasteiger partial charge in [-0.1, -0.05) is 12.1 Å². The predicted octanol–water partition coefficient (Wildman–Crippen LogP) is 2.69. The lowest BCUT2D eigenvalue weighted by Crippen LogP contribution is -2.28. The molecule has 2 heterocycles. The molecule has 0 N–H and O–H groups in total. The Labute approximate surface area is 113 Å². The van der Waals surface area contributed by atoms with E-state index in [0.29, 0.717) is 6.42 Å². The quantitative estimate of drug-likeness (QED) is 0.835. The molecular weight excluding hydrogens is 240 g/mol. The molecule has 0 saturated carbocycles. The predicted molar refractivity (Wildman–Crippen MR) is 72.6 cm³/mol. The third-order valence-electron chi connectivity index (χ3n) is 3.95. The average molecular weight is 260 g/mol. The number of carbonyl (C=O) groups excluding carboxylic acids is 1. The third-order valence-corrected chi connectivity index (χ3v) is 3.95. The first-order chi connectivity index (χ1) is 9.33. The Morgan fingerprint density at radius 3 is 3.05 bits per heavy atom. The maximum atomic E-state index is 12.1. The zero-order chi connectivity index (χ0) is 13.1. The second-order valence-corrected chi connectivity index (χ2v) is 5.36. The van der Waals surface area contributed by atoms with E-state index in [1.54, 1.807) is 0 Å². The van der Waals surface area contributed by atoms with Crippen molar-refractivity contribution in [1.82, 2.24) is 0 Å². The van der Waals surface area contributed by atoms with Crippen molar-refractivity contribution in [2.75, 3.05) is 13.2 Å². The molecule has 1 aromatic carbocycles. The van der Waals surface area contributed by atoms with Gasteiger partial charge in [-0.15, -0.1) is 0 Å². The standard InChI is InChI=1S/C16H20O3/c17-14(16-3-1-2-9-18-16)6-4-12-5-7-15-13(11-12)8-10-19-15/h5,7,11,16H,1-4,6,8-10H2. The van der Waals surface area contributed by atoms with E-state index in [4.69, 9.17) is 9.47 Å². The minimum Gasteiger partial charge on any atom is -0.493 e. The summed E-state index contributed by atoms with van der Waals surface area (Å²) in [5.41, 5.74) is 2.51. The van der Waals surface area contributed by atoms with Crippen molar-refractivity contribution in [3.63, 3.8) is 0 Å². The van der Waals surface area contributed by atoms with Gasteiger partial charge in [0.15, 0.2) is 5.78 Å². The molecule has 0 spiro atoms. The average Bonchev–Trinajstić information content (AvgIpc) is 2.93. The fraction of sp³-hybridized carbons (Fsp3) is 0.562. The largest absolute Gasteiger partial charge is 0.493 e. The topological polar surface area (TPSA) is 35.5 Å². The second-order valence-electron chi connectivity index (χ2n) is 5.36. The summed E-state index contributed by atoms with van der Waals surface area (Å²) >= 11 is 0. The Morgan fingerprint density at radius 1 is 1.26 bits per heavy atom. The summed E-state index contributed by atoms with van der Waals surface area (Å²) in [6.07, 6.45) is 5.35. The van der Waals surface area contributed by atoms with Gasteiger partial charge in [-0.2, -0.15) is 0 Å². The first-order valence-electron chi connectivity index (χ1n) is 7.22. The van der Waals surface area contributed by atoms with Gasteiger partial charge in [-0.3, -0.25) is 4.79 Å². The van der Waals surface area contributed by atoms with Crippen LogP contribution in [0.3, 0.4) is 0 Å². The zero-order valence-corrected chi connectivity index (χ0v) is 11.2. The number of benzene rings is 1. The van der Waals surface area contributed by atoms with Gasteiger partial charge in [0.1, 0.15) is 11.9 Å². The highest BCUT2D eigenvalue weighted by molar-refractivity contribution is 5.83. The zero-order valence-electron chi connectivity index (χ0n) is 11.2. The van der Waals surface area contributed by atoms with Gasteiger partial charge in [-0.25, -0.2) is 0 Å². The minimum absolute atomic E-state index is 0.147.